The second-order valence-corrected chi connectivity index (χ2v) is 6.78. The first-order valence-corrected chi connectivity index (χ1v) is 8.43. The number of amides is 1. The molecule has 1 aromatic heterocycles. The summed E-state index contributed by atoms with van der Waals surface area (Å²) in [4.78, 5) is 29.7. The Kier molecular flexibility index (Phi) is 3.54. The molecule has 5 nitrogen and oxygen atoms in total. The lowest BCUT2D eigenvalue weighted by Crippen LogP contribution is -2.26. The molecule has 120 valence electrons. The van der Waals surface area contributed by atoms with Crippen LogP contribution in [0.4, 0.5) is 5.69 Å². The van der Waals surface area contributed by atoms with Crippen molar-refractivity contribution in [2.24, 2.45) is 5.92 Å². The number of para-hydroxylation sites is 2. The third-order valence-electron chi connectivity index (χ3n) is 4.19. The molecule has 24 heavy (non-hydrogen) atoms. The second kappa shape index (κ2) is 5.72. The summed E-state index contributed by atoms with van der Waals surface area (Å²) in [5, 5.41) is 10.0. The van der Waals surface area contributed by atoms with Gasteiger partial charge in [0.25, 0.3) is 0 Å². The molecule has 6 heteroatoms. The predicted octanol–water partition coefficient (Wildman–Crippen LogP) is 3.40. The molecule has 0 unspecified atom stereocenters. The number of fused-ring (bicyclic) bond motifs is 1. The third-order valence-corrected chi connectivity index (χ3v) is 5.26. The van der Waals surface area contributed by atoms with E-state index in [2.05, 4.69) is 4.98 Å². The molecule has 1 aliphatic heterocycles. The van der Waals surface area contributed by atoms with Gasteiger partial charge in [-0.15, -0.1) is 11.3 Å². The maximum Gasteiger partial charge on any atom is 0.308 e. The van der Waals surface area contributed by atoms with Gasteiger partial charge in [0.05, 0.1) is 21.8 Å². The van der Waals surface area contributed by atoms with Gasteiger partial charge in [-0.3, -0.25) is 9.59 Å². The molecule has 1 aliphatic rings. The van der Waals surface area contributed by atoms with Crippen molar-refractivity contribution in [3.8, 4) is 10.6 Å². The van der Waals surface area contributed by atoms with Gasteiger partial charge < -0.3 is 10.0 Å². The molecule has 0 saturated carbocycles. The molecule has 0 bridgehead atoms. The van der Waals surface area contributed by atoms with Crippen LogP contribution in [0.2, 0.25) is 0 Å². The van der Waals surface area contributed by atoms with Crippen molar-refractivity contribution in [1.82, 2.24) is 4.98 Å². The third kappa shape index (κ3) is 2.45. The fourth-order valence-corrected chi connectivity index (χ4v) is 3.98. The zero-order valence-corrected chi connectivity index (χ0v) is 13.5. The minimum Gasteiger partial charge on any atom is -0.481 e. The van der Waals surface area contributed by atoms with E-state index >= 15 is 0 Å². The van der Waals surface area contributed by atoms with Gasteiger partial charge in [0.15, 0.2) is 0 Å². The van der Waals surface area contributed by atoms with Crippen molar-refractivity contribution in [3.05, 3.63) is 48.5 Å². The van der Waals surface area contributed by atoms with Gasteiger partial charge >= 0.3 is 5.97 Å². The van der Waals surface area contributed by atoms with Crippen molar-refractivity contribution in [2.75, 3.05) is 11.4 Å². The molecule has 0 radical (unpaired) electrons. The zero-order valence-electron chi connectivity index (χ0n) is 12.7. The molecule has 0 spiro atoms. The zero-order chi connectivity index (χ0) is 16.7. The summed E-state index contributed by atoms with van der Waals surface area (Å²) in [6.07, 6.45) is 0.0452. The van der Waals surface area contributed by atoms with Crippen LogP contribution in [0.15, 0.2) is 48.5 Å². The number of nitrogens with zero attached hydrogens (tertiary/aromatic N) is 2. The summed E-state index contributed by atoms with van der Waals surface area (Å²) in [6, 6.07) is 15.4. The van der Waals surface area contributed by atoms with Crippen molar-refractivity contribution in [2.45, 2.75) is 6.42 Å². The van der Waals surface area contributed by atoms with Crippen molar-refractivity contribution < 1.29 is 14.7 Å². The number of aliphatic carboxylic acids is 1. The van der Waals surface area contributed by atoms with E-state index in [4.69, 9.17) is 0 Å². The van der Waals surface area contributed by atoms with Crippen molar-refractivity contribution in [1.29, 1.82) is 0 Å². The topological polar surface area (TPSA) is 70.5 Å². The van der Waals surface area contributed by atoms with Gasteiger partial charge in [-0.05, 0) is 24.3 Å². The van der Waals surface area contributed by atoms with E-state index in [-0.39, 0.29) is 18.9 Å². The number of hydrogen-bond donors (Lipinski definition) is 1. The van der Waals surface area contributed by atoms with Crippen molar-refractivity contribution in [3.63, 3.8) is 0 Å². The van der Waals surface area contributed by atoms with Crippen LogP contribution in [0.3, 0.4) is 0 Å². The highest BCUT2D eigenvalue weighted by molar-refractivity contribution is 7.21. The number of hydrogen-bond acceptors (Lipinski definition) is 4. The maximum atomic E-state index is 12.3. The number of thiazole rings is 1. The Morgan fingerprint density at radius 2 is 1.92 bits per heavy atom. The molecular formula is C18H14N2O3S. The van der Waals surface area contributed by atoms with Gasteiger partial charge in [-0.1, -0.05) is 24.3 Å². The quantitative estimate of drug-likeness (QED) is 0.794. The van der Waals surface area contributed by atoms with Crippen LogP contribution in [-0.2, 0) is 9.59 Å². The lowest BCUT2D eigenvalue weighted by Gasteiger charge is -2.19. The van der Waals surface area contributed by atoms with Crippen LogP contribution in [0, 0.1) is 5.92 Å². The molecule has 1 amide bonds. The Balaban J connectivity index is 1.78. The lowest BCUT2D eigenvalue weighted by molar-refractivity contribution is -0.141. The van der Waals surface area contributed by atoms with Crippen LogP contribution in [0.1, 0.15) is 6.42 Å². The monoisotopic (exact) mass is 338 g/mol. The Hall–Kier alpha value is -2.73. The van der Waals surface area contributed by atoms with Crippen molar-refractivity contribution >= 4 is 39.1 Å². The van der Waals surface area contributed by atoms with Gasteiger partial charge in [-0.2, -0.15) is 0 Å². The van der Waals surface area contributed by atoms with Gasteiger partial charge in [-0.25, -0.2) is 4.98 Å². The minimum absolute atomic E-state index is 0.0452. The number of carboxylic acids is 1. The second-order valence-electron chi connectivity index (χ2n) is 5.75. The first-order valence-electron chi connectivity index (χ1n) is 7.61. The van der Waals surface area contributed by atoms with Crippen LogP contribution < -0.4 is 4.90 Å². The number of carbonyl (C=O) groups excluding carboxylic acids is 1. The van der Waals surface area contributed by atoms with Crippen LogP contribution in [0.25, 0.3) is 20.8 Å². The first kappa shape index (κ1) is 14.8. The Labute approximate surface area is 142 Å². The van der Waals surface area contributed by atoms with Gasteiger partial charge in [0.1, 0.15) is 5.01 Å². The van der Waals surface area contributed by atoms with Gasteiger partial charge in [0, 0.05) is 18.5 Å². The number of carbonyl (C=O) groups is 2. The van der Waals surface area contributed by atoms with E-state index < -0.39 is 11.9 Å². The molecule has 3 aromatic rings. The number of rotatable bonds is 3. The van der Waals surface area contributed by atoms with Crippen LogP contribution >= 0.6 is 11.3 Å². The molecule has 0 aliphatic carbocycles. The maximum absolute atomic E-state index is 12.3. The Morgan fingerprint density at radius 3 is 2.67 bits per heavy atom. The van der Waals surface area contributed by atoms with E-state index in [1.165, 1.54) is 0 Å². The van der Waals surface area contributed by atoms with Gasteiger partial charge in [0.2, 0.25) is 5.91 Å². The molecule has 1 saturated heterocycles. The molecule has 1 fully saturated rings. The van der Waals surface area contributed by atoms with E-state index in [0.29, 0.717) is 0 Å². The largest absolute Gasteiger partial charge is 0.481 e. The van der Waals surface area contributed by atoms with Crippen LogP contribution in [-0.4, -0.2) is 28.5 Å². The van der Waals surface area contributed by atoms with E-state index in [9.17, 15) is 14.7 Å². The fraction of sp³-hybridized carbons (Fsp3) is 0.167. The standard InChI is InChI=1S/C18H14N2O3S/c21-16-9-11(18(22)23)10-20(16)14-7-3-1-5-12(14)17-19-13-6-2-4-8-15(13)24-17/h1-8,11H,9-10H2,(H,22,23)/t11-/m1/s1. The number of anilines is 1. The van der Waals surface area contributed by atoms with E-state index in [1.807, 2.05) is 48.5 Å². The summed E-state index contributed by atoms with van der Waals surface area (Å²) in [5.41, 5.74) is 2.51. The average Bonchev–Trinajstić information content (AvgIpc) is 3.18. The predicted molar refractivity (Wildman–Crippen MR) is 93.2 cm³/mol. The van der Waals surface area contributed by atoms with E-state index in [1.54, 1.807) is 16.2 Å². The Morgan fingerprint density at radius 1 is 1.17 bits per heavy atom. The SMILES string of the molecule is O=C(O)[C@@H]1CC(=O)N(c2ccccc2-c2nc3ccccc3s2)C1. The Bertz CT molecular complexity index is 917. The minimum atomic E-state index is -0.927. The highest BCUT2D eigenvalue weighted by Crippen LogP contribution is 2.38. The highest BCUT2D eigenvalue weighted by atomic mass is 32.1. The first-order chi connectivity index (χ1) is 11.6. The number of aromatic nitrogens is 1. The lowest BCUT2D eigenvalue weighted by atomic mass is 10.1. The molecule has 4 rings (SSSR count). The summed E-state index contributed by atoms with van der Waals surface area (Å²) < 4.78 is 1.08. The molecule has 1 atom stereocenters. The fourth-order valence-electron chi connectivity index (χ4n) is 2.98. The molecule has 2 aromatic carbocycles. The summed E-state index contributed by atoms with van der Waals surface area (Å²) in [5.74, 6) is -1.74. The normalized spacial score (nSPS) is 17.6. The molecule has 2 heterocycles. The van der Waals surface area contributed by atoms with E-state index in [0.717, 1.165) is 26.5 Å². The molecule has 1 N–H and O–H groups in total. The summed E-state index contributed by atoms with van der Waals surface area (Å²) in [7, 11) is 0. The highest BCUT2D eigenvalue weighted by Gasteiger charge is 2.36. The summed E-state index contributed by atoms with van der Waals surface area (Å²) in [6.45, 7) is 0.204. The van der Waals surface area contributed by atoms with Crippen LogP contribution in [0.5, 0.6) is 0 Å². The smallest absolute Gasteiger partial charge is 0.308 e. The number of carboxylic acid groups (broad SMARTS) is 1. The number of benzene rings is 2. The molecular weight excluding hydrogens is 324 g/mol. The summed E-state index contributed by atoms with van der Waals surface area (Å²) >= 11 is 1.57. The average molecular weight is 338 g/mol.